The van der Waals surface area contributed by atoms with Crippen molar-refractivity contribution in [3.05, 3.63) is 64.3 Å². The highest BCUT2D eigenvalue weighted by Crippen LogP contribution is 2.31. The van der Waals surface area contributed by atoms with Gasteiger partial charge in [-0.2, -0.15) is 0 Å². The van der Waals surface area contributed by atoms with Gasteiger partial charge in [-0.1, -0.05) is 11.6 Å². The van der Waals surface area contributed by atoms with Gasteiger partial charge in [0.15, 0.2) is 0 Å². The molecule has 33 heavy (non-hydrogen) atoms. The summed E-state index contributed by atoms with van der Waals surface area (Å²) in [5.74, 6) is 0.0931. The van der Waals surface area contributed by atoms with Gasteiger partial charge in [0.2, 0.25) is 5.91 Å². The molecular weight excluding hydrogens is 444 g/mol. The minimum atomic E-state index is -0.412. The van der Waals surface area contributed by atoms with Gasteiger partial charge in [-0.05, 0) is 61.4 Å². The summed E-state index contributed by atoms with van der Waals surface area (Å²) in [4.78, 5) is 39.4. The number of benzene rings is 2. The van der Waals surface area contributed by atoms with Gasteiger partial charge in [0, 0.05) is 34.6 Å². The fourth-order valence-electron chi connectivity index (χ4n) is 4.20. The van der Waals surface area contributed by atoms with Crippen molar-refractivity contribution >= 4 is 40.3 Å². The predicted octanol–water partition coefficient (Wildman–Crippen LogP) is 4.01. The second-order valence-corrected chi connectivity index (χ2v) is 8.41. The van der Waals surface area contributed by atoms with Gasteiger partial charge in [0.05, 0.1) is 25.6 Å². The molecule has 8 heteroatoms. The first-order valence-electron chi connectivity index (χ1n) is 10.8. The molecule has 0 unspecified atom stereocenters. The van der Waals surface area contributed by atoms with E-state index >= 15 is 0 Å². The maximum absolute atomic E-state index is 13.3. The van der Waals surface area contributed by atoms with Crippen LogP contribution in [0.2, 0.25) is 5.02 Å². The molecule has 4 rings (SSSR count). The number of rotatable bonds is 7. The molecule has 0 radical (unpaired) electrons. The van der Waals surface area contributed by atoms with Gasteiger partial charge in [0.25, 0.3) is 5.91 Å². The molecule has 0 saturated carbocycles. The smallest absolute Gasteiger partial charge is 0.310 e. The first kappa shape index (κ1) is 22.9. The lowest BCUT2D eigenvalue weighted by atomic mass is 10.1. The molecule has 0 spiro atoms. The highest BCUT2D eigenvalue weighted by molar-refractivity contribution is 6.30. The van der Waals surface area contributed by atoms with E-state index in [1.165, 1.54) is 0 Å². The van der Waals surface area contributed by atoms with Crippen molar-refractivity contribution < 1.29 is 23.9 Å². The Morgan fingerprint density at radius 1 is 1.12 bits per heavy atom. The summed E-state index contributed by atoms with van der Waals surface area (Å²) < 4.78 is 12.4. The van der Waals surface area contributed by atoms with Crippen LogP contribution >= 0.6 is 11.6 Å². The Bertz CT molecular complexity index is 1220. The number of fused-ring (bicyclic) bond motifs is 1. The van der Waals surface area contributed by atoms with Crippen LogP contribution < -0.4 is 4.74 Å². The van der Waals surface area contributed by atoms with E-state index in [0.717, 1.165) is 11.8 Å². The largest absolute Gasteiger partial charge is 0.497 e. The molecule has 1 amide bonds. The van der Waals surface area contributed by atoms with Crippen molar-refractivity contribution in [1.82, 2.24) is 9.47 Å². The maximum atomic E-state index is 13.3. The number of carbonyl (C=O) groups is 3. The normalized spacial score (nSPS) is 13.5. The molecule has 1 aromatic heterocycles. The van der Waals surface area contributed by atoms with Crippen LogP contribution in [-0.2, 0) is 20.7 Å². The van der Waals surface area contributed by atoms with E-state index in [9.17, 15) is 14.4 Å². The lowest BCUT2D eigenvalue weighted by Gasteiger charge is -2.15. The number of carbonyl (C=O) groups excluding carboxylic acids is 3. The van der Waals surface area contributed by atoms with E-state index < -0.39 is 5.97 Å². The number of hydrogen-bond donors (Lipinski definition) is 0. The van der Waals surface area contributed by atoms with Crippen LogP contribution in [0.4, 0.5) is 0 Å². The fourth-order valence-corrected chi connectivity index (χ4v) is 4.33. The molecule has 172 valence electrons. The Morgan fingerprint density at radius 3 is 2.55 bits per heavy atom. The first-order valence-corrected chi connectivity index (χ1v) is 11.2. The third kappa shape index (κ3) is 4.73. The standard InChI is InChI=1S/C25H25ClN2O5/c1-16-20(15-24(30)33-13-12-27-11-3-4-23(27)29)21-14-19(32-2)9-10-22(21)28(16)25(31)17-5-7-18(26)8-6-17/h5-10,14H,3-4,11-13,15H2,1-2H3. The molecule has 7 nitrogen and oxygen atoms in total. The lowest BCUT2D eigenvalue weighted by molar-refractivity contribution is -0.144. The van der Waals surface area contributed by atoms with Crippen molar-refractivity contribution in [1.29, 1.82) is 0 Å². The topological polar surface area (TPSA) is 77.8 Å². The minimum absolute atomic E-state index is 0.00431. The van der Waals surface area contributed by atoms with Crippen LogP contribution in [0.15, 0.2) is 42.5 Å². The van der Waals surface area contributed by atoms with E-state index in [0.29, 0.717) is 52.6 Å². The van der Waals surface area contributed by atoms with Gasteiger partial charge in [-0.15, -0.1) is 0 Å². The summed E-state index contributed by atoms with van der Waals surface area (Å²) in [5.41, 5.74) is 2.52. The third-order valence-electron chi connectivity index (χ3n) is 5.95. The molecule has 3 aromatic rings. The maximum Gasteiger partial charge on any atom is 0.310 e. The van der Waals surface area contributed by atoms with Crippen molar-refractivity contribution in [3.8, 4) is 5.75 Å². The molecule has 2 aromatic carbocycles. The summed E-state index contributed by atoms with van der Waals surface area (Å²) in [6, 6.07) is 12.1. The second-order valence-electron chi connectivity index (χ2n) is 7.98. The number of ether oxygens (including phenoxy) is 2. The van der Waals surface area contributed by atoms with Crippen LogP contribution in [0, 0.1) is 6.92 Å². The Balaban J connectivity index is 1.60. The monoisotopic (exact) mass is 468 g/mol. The molecule has 1 aliphatic heterocycles. The van der Waals surface area contributed by atoms with Gasteiger partial charge in [-0.3, -0.25) is 19.0 Å². The number of hydrogen-bond acceptors (Lipinski definition) is 5. The average molecular weight is 469 g/mol. The highest BCUT2D eigenvalue weighted by atomic mass is 35.5. The molecule has 1 saturated heterocycles. The number of amides is 1. The molecular formula is C25H25ClN2O5. The van der Waals surface area contributed by atoms with Crippen molar-refractivity contribution in [2.45, 2.75) is 26.2 Å². The Labute approximate surface area is 196 Å². The molecule has 0 bridgehead atoms. The van der Waals surface area contributed by atoms with Crippen LogP contribution in [-0.4, -0.2) is 54.1 Å². The van der Waals surface area contributed by atoms with Crippen molar-refractivity contribution in [2.75, 3.05) is 26.8 Å². The van der Waals surface area contributed by atoms with Crippen molar-refractivity contribution in [2.24, 2.45) is 0 Å². The predicted molar refractivity (Wildman–Crippen MR) is 125 cm³/mol. The fraction of sp³-hybridized carbons (Fsp3) is 0.320. The summed E-state index contributed by atoms with van der Waals surface area (Å²) >= 11 is 5.97. The number of aromatic nitrogens is 1. The number of likely N-dealkylation sites (tertiary alicyclic amines) is 1. The summed E-state index contributed by atoms with van der Waals surface area (Å²) in [6.07, 6.45) is 1.40. The zero-order valence-electron chi connectivity index (χ0n) is 18.6. The molecule has 2 heterocycles. The van der Waals surface area contributed by atoms with Crippen LogP contribution in [0.3, 0.4) is 0 Å². The van der Waals surface area contributed by atoms with E-state index in [1.54, 1.807) is 46.9 Å². The average Bonchev–Trinajstić information content (AvgIpc) is 3.33. The van der Waals surface area contributed by atoms with Gasteiger partial charge in [0.1, 0.15) is 12.4 Å². The number of halogens is 1. The third-order valence-corrected chi connectivity index (χ3v) is 6.20. The number of nitrogens with zero attached hydrogens (tertiary/aromatic N) is 2. The van der Waals surface area contributed by atoms with Gasteiger partial charge >= 0.3 is 5.97 Å². The Morgan fingerprint density at radius 2 is 1.88 bits per heavy atom. The molecule has 1 fully saturated rings. The van der Waals surface area contributed by atoms with Crippen LogP contribution in [0.5, 0.6) is 5.75 Å². The molecule has 0 aliphatic carbocycles. The minimum Gasteiger partial charge on any atom is -0.497 e. The SMILES string of the molecule is COc1ccc2c(c1)c(CC(=O)OCCN1CCCC1=O)c(C)n2C(=O)c1ccc(Cl)cc1. The van der Waals surface area contributed by atoms with Crippen molar-refractivity contribution in [3.63, 3.8) is 0 Å². The van der Waals surface area contributed by atoms with Crippen LogP contribution in [0.1, 0.15) is 34.5 Å². The molecule has 0 atom stereocenters. The summed E-state index contributed by atoms with van der Waals surface area (Å²) in [6.45, 7) is 3.06. The molecule has 0 N–H and O–H groups in total. The van der Waals surface area contributed by atoms with E-state index in [-0.39, 0.29) is 24.8 Å². The Hall–Kier alpha value is -3.32. The summed E-state index contributed by atoms with van der Waals surface area (Å²) in [7, 11) is 1.57. The van der Waals surface area contributed by atoms with E-state index in [2.05, 4.69) is 0 Å². The number of esters is 1. The van der Waals surface area contributed by atoms with Gasteiger partial charge < -0.3 is 14.4 Å². The highest BCUT2D eigenvalue weighted by Gasteiger charge is 2.23. The van der Waals surface area contributed by atoms with E-state index in [1.807, 2.05) is 19.1 Å². The van der Waals surface area contributed by atoms with Crippen LogP contribution in [0.25, 0.3) is 10.9 Å². The summed E-state index contributed by atoms with van der Waals surface area (Å²) in [5, 5.41) is 1.30. The van der Waals surface area contributed by atoms with Gasteiger partial charge in [-0.25, -0.2) is 0 Å². The molecule has 1 aliphatic rings. The number of methoxy groups -OCH3 is 1. The quantitative estimate of drug-likeness (QED) is 0.490. The Kier molecular flexibility index (Phi) is 6.70. The second kappa shape index (κ2) is 9.67. The first-order chi connectivity index (χ1) is 15.9. The lowest BCUT2D eigenvalue weighted by Crippen LogP contribution is -2.29. The van der Waals surface area contributed by atoms with E-state index in [4.69, 9.17) is 21.1 Å². The zero-order chi connectivity index (χ0) is 23.5. The zero-order valence-corrected chi connectivity index (χ0v) is 19.4.